The van der Waals surface area contributed by atoms with Crippen molar-refractivity contribution in [3.05, 3.63) is 71.5 Å². The van der Waals surface area contributed by atoms with Crippen molar-refractivity contribution in [3.8, 4) is 11.3 Å². The minimum atomic E-state index is -0.288. The van der Waals surface area contributed by atoms with E-state index in [2.05, 4.69) is 15.5 Å². The van der Waals surface area contributed by atoms with Crippen molar-refractivity contribution in [2.75, 3.05) is 11.1 Å². The number of carbonyl (C=O) groups is 1. The second-order valence-electron chi connectivity index (χ2n) is 5.85. The van der Waals surface area contributed by atoms with Crippen LogP contribution < -0.4 is 5.32 Å². The number of aryl methyl sites for hydroxylation is 1. The number of carbonyl (C=O) groups excluding carboxylic acids is 1. The van der Waals surface area contributed by atoms with Gasteiger partial charge in [-0.05, 0) is 67.4 Å². The monoisotopic (exact) mass is 367 g/mol. The first-order valence-corrected chi connectivity index (χ1v) is 9.10. The fourth-order valence-corrected chi connectivity index (χ4v) is 3.00. The fourth-order valence-electron chi connectivity index (χ4n) is 2.38. The molecule has 0 saturated heterocycles. The maximum Gasteiger partial charge on any atom is 0.234 e. The van der Waals surface area contributed by atoms with Gasteiger partial charge in [-0.3, -0.25) is 4.79 Å². The zero-order valence-electron chi connectivity index (χ0n) is 14.5. The predicted molar refractivity (Wildman–Crippen MR) is 103 cm³/mol. The van der Waals surface area contributed by atoms with Gasteiger partial charge in [-0.15, -0.1) is 10.2 Å². The number of thioether (sulfide) groups is 1. The Labute approximate surface area is 155 Å². The molecule has 0 radical (unpaired) electrons. The van der Waals surface area contributed by atoms with E-state index in [1.165, 1.54) is 23.9 Å². The van der Waals surface area contributed by atoms with E-state index in [0.717, 1.165) is 22.4 Å². The van der Waals surface area contributed by atoms with E-state index in [9.17, 15) is 9.18 Å². The maximum absolute atomic E-state index is 13.0. The minimum Gasteiger partial charge on any atom is -0.325 e. The summed E-state index contributed by atoms with van der Waals surface area (Å²) in [4.78, 5) is 12.2. The molecule has 0 unspecified atom stereocenters. The lowest BCUT2D eigenvalue weighted by atomic mass is 10.1. The molecule has 0 fully saturated rings. The molecule has 132 valence electrons. The molecule has 1 N–H and O–H groups in total. The van der Waals surface area contributed by atoms with E-state index in [1.807, 2.05) is 44.2 Å². The third kappa shape index (κ3) is 4.46. The molecule has 1 amide bonds. The molecule has 4 nitrogen and oxygen atoms in total. The third-order valence-corrected chi connectivity index (χ3v) is 4.93. The van der Waals surface area contributed by atoms with Crippen LogP contribution in [-0.2, 0) is 4.79 Å². The molecule has 1 aromatic heterocycles. The molecule has 0 aliphatic carbocycles. The van der Waals surface area contributed by atoms with Crippen molar-refractivity contribution in [1.82, 2.24) is 10.2 Å². The van der Waals surface area contributed by atoms with Gasteiger partial charge in [-0.2, -0.15) is 0 Å². The van der Waals surface area contributed by atoms with E-state index in [4.69, 9.17) is 0 Å². The average molecular weight is 367 g/mol. The topological polar surface area (TPSA) is 54.9 Å². The molecular formula is C20H18FN3OS. The van der Waals surface area contributed by atoms with Gasteiger partial charge in [0.15, 0.2) is 0 Å². The van der Waals surface area contributed by atoms with Gasteiger partial charge in [0.05, 0.1) is 11.4 Å². The number of amides is 1. The van der Waals surface area contributed by atoms with Crippen molar-refractivity contribution >= 4 is 23.4 Å². The maximum atomic E-state index is 13.0. The van der Waals surface area contributed by atoms with E-state index < -0.39 is 0 Å². The van der Waals surface area contributed by atoms with Crippen LogP contribution in [0.25, 0.3) is 11.3 Å². The van der Waals surface area contributed by atoms with Crippen LogP contribution in [0.5, 0.6) is 0 Å². The Bertz CT molecular complexity index is 911. The zero-order chi connectivity index (χ0) is 18.5. The molecule has 0 aliphatic heterocycles. The van der Waals surface area contributed by atoms with Gasteiger partial charge in [0.2, 0.25) is 5.91 Å². The highest BCUT2D eigenvalue weighted by Gasteiger charge is 2.08. The molecule has 3 aromatic rings. The van der Waals surface area contributed by atoms with Crippen LogP contribution in [0.1, 0.15) is 11.1 Å². The SMILES string of the molecule is Cc1cccc(NC(=O)CSc2ccc(-c3ccc(F)cc3)nn2)c1C. The Hall–Kier alpha value is -2.73. The molecule has 0 atom stereocenters. The molecule has 3 rings (SSSR count). The number of rotatable bonds is 5. The molecule has 6 heteroatoms. The van der Waals surface area contributed by atoms with Crippen LogP contribution in [0.3, 0.4) is 0 Å². The van der Waals surface area contributed by atoms with Crippen LogP contribution in [0, 0.1) is 19.7 Å². The number of nitrogens with one attached hydrogen (secondary N) is 1. The smallest absolute Gasteiger partial charge is 0.234 e. The molecule has 0 spiro atoms. The van der Waals surface area contributed by atoms with Crippen LogP contribution in [0.15, 0.2) is 59.6 Å². The van der Waals surface area contributed by atoms with Gasteiger partial charge in [0.1, 0.15) is 10.8 Å². The van der Waals surface area contributed by atoms with Crippen molar-refractivity contribution in [3.63, 3.8) is 0 Å². The summed E-state index contributed by atoms with van der Waals surface area (Å²) in [6.07, 6.45) is 0. The number of anilines is 1. The van der Waals surface area contributed by atoms with Crippen LogP contribution >= 0.6 is 11.8 Å². The number of hydrogen-bond acceptors (Lipinski definition) is 4. The lowest BCUT2D eigenvalue weighted by Gasteiger charge is -2.10. The summed E-state index contributed by atoms with van der Waals surface area (Å²) in [6.45, 7) is 4.00. The quantitative estimate of drug-likeness (QED) is 0.668. The average Bonchev–Trinajstić information content (AvgIpc) is 2.65. The molecule has 2 aromatic carbocycles. The van der Waals surface area contributed by atoms with E-state index in [1.54, 1.807) is 12.1 Å². The predicted octanol–water partition coefficient (Wildman–Crippen LogP) is 4.63. The Morgan fingerprint density at radius 2 is 1.81 bits per heavy atom. The van der Waals surface area contributed by atoms with Gasteiger partial charge < -0.3 is 5.32 Å². The van der Waals surface area contributed by atoms with Crippen LogP contribution in [0.4, 0.5) is 10.1 Å². The molecule has 1 heterocycles. The third-order valence-electron chi connectivity index (χ3n) is 4.01. The Morgan fingerprint density at radius 1 is 1.04 bits per heavy atom. The minimum absolute atomic E-state index is 0.0897. The molecule has 0 bridgehead atoms. The highest BCUT2D eigenvalue weighted by Crippen LogP contribution is 2.21. The van der Waals surface area contributed by atoms with E-state index >= 15 is 0 Å². The molecule has 0 aliphatic rings. The number of halogens is 1. The molecule has 26 heavy (non-hydrogen) atoms. The highest BCUT2D eigenvalue weighted by atomic mass is 32.2. The number of aromatic nitrogens is 2. The summed E-state index contributed by atoms with van der Waals surface area (Å²) in [7, 11) is 0. The normalized spacial score (nSPS) is 10.6. The first-order chi connectivity index (χ1) is 12.5. The van der Waals surface area contributed by atoms with E-state index in [0.29, 0.717) is 10.7 Å². The Balaban J connectivity index is 1.58. The van der Waals surface area contributed by atoms with Crippen LogP contribution in [-0.4, -0.2) is 21.9 Å². The lowest BCUT2D eigenvalue weighted by Crippen LogP contribution is -2.15. The first kappa shape index (κ1) is 18.1. The Morgan fingerprint density at radius 3 is 2.50 bits per heavy atom. The largest absolute Gasteiger partial charge is 0.325 e. The summed E-state index contributed by atoms with van der Waals surface area (Å²) >= 11 is 1.32. The fraction of sp³-hybridized carbons (Fsp3) is 0.150. The highest BCUT2D eigenvalue weighted by molar-refractivity contribution is 7.99. The van der Waals surface area contributed by atoms with Gasteiger partial charge in [-0.1, -0.05) is 23.9 Å². The molecular weight excluding hydrogens is 349 g/mol. The molecule has 0 saturated carbocycles. The standard InChI is InChI=1S/C20H18FN3OS/c1-13-4-3-5-17(14(13)2)22-19(25)12-26-20-11-10-18(23-24-20)15-6-8-16(21)9-7-15/h3-11H,12H2,1-2H3,(H,22,25). The second-order valence-corrected chi connectivity index (χ2v) is 6.84. The number of benzene rings is 2. The van der Waals surface area contributed by atoms with Crippen molar-refractivity contribution in [1.29, 1.82) is 0 Å². The summed E-state index contributed by atoms with van der Waals surface area (Å²) in [5.41, 5.74) is 4.48. The van der Waals surface area contributed by atoms with E-state index in [-0.39, 0.29) is 17.5 Å². The van der Waals surface area contributed by atoms with Crippen molar-refractivity contribution in [2.45, 2.75) is 18.9 Å². The summed E-state index contributed by atoms with van der Waals surface area (Å²) in [6, 6.07) is 15.5. The Kier molecular flexibility index (Phi) is 5.63. The van der Waals surface area contributed by atoms with Gasteiger partial charge >= 0.3 is 0 Å². The second kappa shape index (κ2) is 8.10. The summed E-state index contributed by atoms with van der Waals surface area (Å²) in [5, 5.41) is 11.8. The number of nitrogens with zero attached hydrogens (tertiary/aromatic N) is 2. The summed E-state index contributed by atoms with van der Waals surface area (Å²) in [5.74, 6) is -0.130. The zero-order valence-corrected chi connectivity index (χ0v) is 15.3. The number of hydrogen-bond donors (Lipinski definition) is 1. The van der Waals surface area contributed by atoms with Crippen molar-refractivity contribution in [2.24, 2.45) is 0 Å². The van der Waals surface area contributed by atoms with Crippen LogP contribution in [0.2, 0.25) is 0 Å². The lowest BCUT2D eigenvalue weighted by molar-refractivity contribution is -0.113. The van der Waals surface area contributed by atoms with Gasteiger partial charge in [0, 0.05) is 11.3 Å². The first-order valence-electron chi connectivity index (χ1n) is 8.11. The van der Waals surface area contributed by atoms with Gasteiger partial charge in [0.25, 0.3) is 0 Å². The van der Waals surface area contributed by atoms with Crippen molar-refractivity contribution < 1.29 is 9.18 Å². The summed E-state index contributed by atoms with van der Waals surface area (Å²) < 4.78 is 13.0. The van der Waals surface area contributed by atoms with Gasteiger partial charge in [-0.25, -0.2) is 4.39 Å².